The number of carbonyl (C=O) groups excluding carboxylic acids is 1. The predicted molar refractivity (Wildman–Crippen MR) is 69.5 cm³/mol. The zero-order valence-corrected chi connectivity index (χ0v) is 11.0. The van der Waals surface area contributed by atoms with Crippen LogP contribution in [-0.4, -0.2) is 19.7 Å². The van der Waals surface area contributed by atoms with Crippen LogP contribution in [0.2, 0.25) is 0 Å². The fourth-order valence-corrected chi connectivity index (χ4v) is 2.34. The second-order valence-electron chi connectivity index (χ2n) is 4.79. The molecule has 1 aliphatic rings. The molecule has 2 atom stereocenters. The number of methoxy groups -OCH3 is 1. The average molecular weight is 248 g/mol. The highest BCUT2D eigenvalue weighted by atomic mass is 16.5. The quantitative estimate of drug-likeness (QED) is 0.769. The van der Waals surface area contributed by atoms with Crippen molar-refractivity contribution in [2.24, 2.45) is 5.92 Å². The number of hydrogen-bond acceptors (Lipinski definition) is 3. The van der Waals surface area contributed by atoms with Crippen LogP contribution >= 0.6 is 0 Å². The maximum atomic E-state index is 11.3. The monoisotopic (exact) mass is 248 g/mol. The van der Waals surface area contributed by atoms with Crippen molar-refractivity contribution < 1.29 is 14.3 Å². The lowest BCUT2D eigenvalue weighted by molar-refractivity contribution is -0.0181. The normalized spacial score (nSPS) is 23.7. The van der Waals surface area contributed by atoms with Crippen molar-refractivity contribution in [1.29, 1.82) is 0 Å². The van der Waals surface area contributed by atoms with Gasteiger partial charge in [-0.3, -0.25) is 0 Å². The van der Waals surface area contributed by atoms with E-state index in [0.717, 1.165) is 18.6 Å². The molecule has 1 heterocycles. The summed E-state index contributed by atoms with van der Waals surface area (Å²) in [7, 11) is 1.39. The van der Waals surface area contributed by atoms with Gasteiger partial charge < -0.3 is 9.47 Å². The van der Waals surface area contributed by atoms with E-state index in [0.29, 0.717) is 11.5 Å². The molecule has 1 aromatic carbocycles. The van der Waals surface area contributed by atoms with E-state index in [9.17, 15) is 4.79 Å². The largest absolute Gasteiger partial charge is 0.465 e. The summed E-state index contributed by atoms with van der Waals surface area (Å²) in [4.78, 5) is 11.3. The summed E-state index contributed by atoms with van der Waals surface area (Å²) >= 11 is 0. The van der Waals surface area contributed by atoms with Crippen molar-refractivity contribution in [3.63, 3.8) is 0 Å². The molecule has 3 nitrogen and oxygen atoms in total. The fraction of sp³-hybridized carbons (Fsp3) is 0.533. The summed E-state index contributed by atoms with van der Waals surface area (Å²) in [6, 6.07) is 7.53. The van der Waals surface area contributed by atoms with Crippen molar-refractivity contribution in [2.45, 2.75) is 32.3 Å². The topological polar surface area (TPSA) is 35.5 Å². The van der Waals surface area contributed by atoms with Gasteiger partial charge in [-0.05, 0) is 36.5 Å². The molecule has 0 amide bonds. The van der Waals surface area contributed by atoms with Gasteiger partial charge in [-0.1, -0.05) is 25.5 Å². The van der Waals surface area contributed by atoms with Crippen LogP contribution in [0.15, 0.2) is 24.3 Å². The van der Waals surface area contributed by atoms with Gasteiger partial charge in [0.25, 0.3) is 0 Å². The molecule has 1 aliphatic heterocycles. The first-order chi connectivity index (χ1) is 8.74. The molecule has 0 aromatic heterocycles. The zero-order chi connectivity index (χ0) is 13.0. The Morgan fingerprint density at radius 1 is 1.33 bits per heavy atom. The van der Waals surface area contributed by atoms with Crippen LogP contribution in [0.5, 0.6) is 0 Å². The lowest BCUT2D eigenvalue weighted by atomic mass is 9.93. The Kier molecular flexibility index (Phi) is 4.37. The molecular weight excluding hydrogens is 228 g/mol. The van der Waals surface area contributed by atoms with Crippen LogP contribution < -0.4 is 0 Å². The van der Waals surface area contributed by atoms with E-state index in [2.05, 4.69) is 11.7 Å². The molecule has 0 N–H and O–H groups in total. The zero-order valence-electron chi connectivity index (χ0n) is 11.0. The smallest absolute Gasteiger partial charge is 0.337 e. The van der Waals surface area contributed by atoms with Crippen molar-refractivity contribution in [1.82, 2.24) is 0 Å². The Balaban J connectivity index is 2.00. The summed E-state index contributed by atoms with van der Waals surface area (Å²) in [5, 5.41) is 0. The van der Waals surface area contributed by atoms with Gasteiger partial charge >= 0.3 is 5.97 Å². The average Bonchev–Trinajstić information content (AvgIpc) is 2.47. The highest BCUT2D eigenvalue weighted by Gasteiger charge is 2.21. The molecule has 98 valence electrons. The molecular formula is C15H20O3. The maximum Gasteiger partial charge on any atom is 0.337 e. The Hall–Kier alpha value is -1.35. The van der Waals surface area contributed by atoms with Gasteiger partial charge in [0.1, 0.15) is 0 Å². The Labute approximate surface area is 108 Å². The summed E-state index contributed by atoms with van der Waals surface area (Å²) in [6.45, 7) is 3.05. The molecule has 0 aliphatic carbocycles. The summed E-state index contributed by atoms with van der Waals surface area (Å²) in [6.07, 6.45) is 3.66. The standard InChI is InChI=1S/C15H20O3/c1-3-11-4-9-14(18-10-11)12-5-7-13(8-6-12)15(16)17-2/h5-8,11,14H,3-4,9-10H2,1-2H3. The van der Waals surface area contributed by atoms with Crippen LogP contribution in [0.4, 0.5) is 0 Å². The van der Waals surface area contributed by atoms with Crippen LogP contribution in [0.25, 0.3) is 0 Å². The summed E-state index contributed by atoms with van der Waals surface area (Å²) in [5.41, 5.74) is 1.74. The van der Waals surface area contributed by atoms with Crippen molar-refractivity contribution in [3.8, 4) is 0 Å². The molecule has 0 saturated carbocycles. The molecule has 2 rings (SSSR count). The third-order valence-corrected chi connectivity index (χ3v) is 3.65. The Morgan fingerprint density at radius 3 is 2.56 bits per heavy atom. The highest BCUT2D eigenvalue weighted by Crippen LogP contribution is 2.31. The van der Waals surface area contributed by atoms with Gasteiger partial charge in [0, 0.05) is 0 Å². The first kappa shape index (κ1) is 13.1. The van der Waals surface area contributed by atoms with E-state index in [1.54, 1.807) is 12.1 Å². The second-order valence-corrected chi connectivity index (χ2v) is 4.79. The number of carbonyl (C=O) groups is 1. The van der Waals surface area contributed by atoms with Gasteiger partial charge in [0.2, 0.25) is 0 Å². The molecule has 1 aromatic rings. The SMILES string of the molecule is CCC1CCC(c2ccc(C(=O)OC)cc2)OC1. The van der Waals surface area contributed by atoms with E-state index in [4.69, 9.17) is 4.74 Å². The minimum absolute atomic E-state index is 0.180. The molecule has 3 heteroatoms. The first-order valence-electron chi connectivity index (χ1n) is 6.54. The number of benzene rings is 1. The molecule has 0 radical (unpaired) electrons. The minimum Gasteiger partial charge on any atom is -0.465 e. The van der Waals surface area contributed by atoms with Gasteiger partial charge in [-0.25, -0.2) is 4.79 Å². The summed E-state index contributed by atoms with van der Waals surface area (Å²) in [5.74, 6) is 0.410. The summed E-state index contributed by atoms with van der Waals surface area (Å²) < 4.78 is 10.6. The van der Waals surface area contributed by atoms with Gasteiger partial charge in [0.15, 0.2) is 0 Å². The van der Waals surface area contributed by atoms with Crippen molar-refractivity contribution in [3.05, 3.63) is 35.4 Å². The Bertz CT molecular complexity index is 389. The van der Waals surface area contributed by atoms with Crippen LogP contribution in [-0.2, 0) is 9.47 Å². The van der Waals surface area contributed by atoms with E-state index in [1.807, 2.05) is 12.1 Å². The molecule has 0 spiro atoms. The van der Waals surface area contributed by atoms with E-state index in [-0.39, 0.29) is 12.1 Å². The van der Waals surface area contributed by atoms with Crippen LogP contribution in [0.1, 0.15) is 48.2 Å². The van der Waals surface area contributed by atoms with Gasteiger partial charge in [-0.15, -0.1) is 0 Å². The van der Waals surface area contributed by atoms with E-state index >= 15 is 0 Å². The lowest BCUT2D eigenvalue weighted by Gasteiger charge is -2.28. The van der Waals surface area contributed by atoms with Crippen LogP contribution in [0.3, 0.4) is 0 Å². The minimum atomic E-state index is -0.294. The number of hydrogen-bond donors (Lipinski definition) is 0. The number of ether oxygens (including phenoxy) is 2. The lowest BCUT2D eigenvalue weighted by Crippen LogP contribution is -2.20. The molecule has 2 unspecified atom stereocenters. The molecule has 0 bridgehead atoms. The first-order valence-corrected chi connectivity index (χ1v) is 6.54. The van der Waals surface area contributed by atoms with Gasteiger partial charge in [0.05, 0.1) is 25.4 Å². The third-order valence-electron chi connectivity index (χ3n) is 3.65. The molecule has 18 heavy (non-hydrogen) atoms. The molecule has 1 fully saturated rings. The third kappa shape index (κ3) is 2.91. The van der Waals surface area contributed by atoms with E-state index in [1.165, 1.54) is 20.0 Å². The number of rotatable bonds is 3. The maximum absolute atomic E-state index is 11.3. The van der Waals surface area contributed by atoms with E-state index < -0.39 is 0 Å². The fourth-order valence-electron chi connectivity index (χ4n) is 2.34. The highest BCUT2D eigenvalue weighted by molar-refractivity contribution is 5.89. The Morgan fingerprint density at radius 2 is 2.06 bits per heavy atom. The predicted octanol–water partition coefficient (Wildman–Crippen LogP) is 3.35. The molecule has 1 saturated heterocycles. The number of esters is 1. The van der Waals surface area contributed by atoms with Crippen LogP contribution in [0, 0.1) is 5.92 Å². The van der Waals surface area contributed by atoms with Crippen molar-refractivity contribution >= 4 is 5.97 Å². The van der Waals surface area contributed by atoms with Gasteiger partial charge in [-0.2, -0.15) is 0 Å². The second kappa shape index (κ2) is 6.01. The van der Waals surface area contributed by atoms with Crippen molar-refractivity contribution in [2.75, 3.05) is 13.7 Å².